The van der Waals surface area contributed by atoms with Gasteiger partial charge in [-0.15, -0.1) is 6.58 Å². The summed E-state index contributed by atoms with van der Waals surface area (Å²) in [5, 5.41) is 3.41. The first-order chi connectivity index (χ1) is 7.65. The third-order valence-electron chi connectivity index (χ3n) is 2.33. The Balaban J connectivity index is 2.78. The highest BCUT2D eigenvalue weighted by molar-refractivity contribution is 5.46. The number of nitrogens with one attached hydrogen (secondary N) is 1. The maximum absolute atomic E-state index is 4.41. The first-order valence-corrected chi connectivity index (χ1v) is 5.64. The van der Waals surface area contributed by atoms with Crippen LogP contribution in [0.4, 0.5) is 5.82 Å². The average Bonchev–Trinajstić information content (AvgIpc) is 2.27. The van der Waals surface area contributed by atoms with Crippen molar-refractivity contribution in [2.45, 2.75) is 26.4 Å². The lowest BCUT2D eigenvalue weighted by Gasteiger charge is -2.20. The number of nitrogens with zero attached hydrogens (tertiary/aromatic N) is 2. The fraction of sp³-hybridized carbons (Fsp3) is 0.462. The molecule has 1 heterocycles. The van der Waals surface area contributed by atoms with Crippen molar-refractivity contribution >= 4 is 5.82 Å². The van der Waals surface area contributed by atoms with Crippen LogP contribution in [0.15, 0.2) is 31.0 Å². The van der Waals surface area contributed by atoms with Crippen molar-refractivity contribution in [2.75, 3.05) is 18.5 Å². The summed E-state index contributed by atoms with van der Waals surface area (Å²) in [7, 11) is 2.03. The Morgan fingerprint density at radius 2 is 2.31 bits per heavy atom. The number of aromatic nitrogens is 1. The van der Waals surface area contributed by atoms with E-state index < -0.39 is 0 Å². The van der Waals surface area contributed by atoms with E-state index in [0.717, 1.165) is 18.9 Å². The van der Waals surface area contributed by atoms with Crippen molar-refractivity contribution in [3.8, 4) is 0 Å². The van der Waals surface area contributed by atoms with E-state index in [1.807, 2.05) is 25.4 Å². The summed E-state index contributed by atoms with van der Waals surface area (Å²) >= 11 is 0. The van der Waals surface area contributed by atoms with E-state index in [-0.39, 0.29) is 0 Å². The van der Waals surface area contributed by atoms with Gasteiger partial charge >= 0.3 is 0 Å². The lowest BCUT2D eigenvalue weighted by atomic mass is 10.2. The second-order valence-electron chi connectivity index (χ2n) is 4.19. The van der Waals surface area contributed by atoms with Crippen LogP contribution in [0.1, 0.15) is 19.4 Å². The molecule has 0 fully saturated rings. The minimum atomic E-state index is 0.484. The Morgan fingerprint density at radius 1 is 1.56 bits per heavy atom. The summed E-state index contributed by atoms with van der Waals surface area (Å²) in [5.41, 5.74) is 1.22. The maximum atomic E-state index is 4.41. The molecule has 1 aromatic rings. The number of hydrogen-bond donors (Lipinski definition) is 1. The predicted molar refractivity (Wildman–Crippen MR) is 69.7 cm³/mol. The minimum absolute atomic E-state index is 0.484. The van der Waals surface area contributed by atoms with Crippen molar-refractivity contribution in [1.29, 1.82) is 0 Å². The van der Waals surface area contributed by atoms with Crippen LogP contribution < -0.4 is 10.2 Å². The van der Waals surface area contributed by atoms with Crippen molar-refractivity contribution in [2.24, 2.45) is 0 Å². The van der Waals surface area contributed by atoms with E-state index in [0.29, 0.717) is 6.04 Å². The van der Waals surface area contributed by atoms with Crippen LogP contribution in [-0.2, 0) is 6.54 Å². The molecule has 0 radical (unpaired) electrons. The molecule has 3 heteroatoms. The molecule has 0 aliphatic carbocycles. The highest BCUT2D eigenvalue weighted by Gasteiger charge is 2.07. The van der Waals surface area contributed by atoms with E-state index in [4.69, 9.17) is 0 Å². The Labute approximate surface area is 98.2 Å². The summed E-state index contributed by atoms with van der Waals surface area (Å²) < 4.78 is 0. The third-order valence-corrected chi connectivity index (χ3v) is 2.33. The molecule has 0 atom stereocenters. The molecule has 3 nitrogen and oxygen atoms in total. The molecule has 0 saturated heterocycles. The van der Waals surface area contributed by atoms with Crippen LogP contribution in [0.3, 0.4) is 0 Å². The molecule has 1 aromatic heterocycles. The van der Waals surface area contributed by atoms with Crippen LogP contribution in [0.25, 0.3) is 0 Å². The SMILES string of the molecule is C=CCN(C)c1ncccc1CNC(C)C. The first-order valence-electron chi connectivity index (χ1n) is 5.64. The van der Waals surface area contributed by atoms with Gasteiger partial charge in [-0.3, -0.25) is 0 Å². The van der Waals surface area contributed by atoms with Gasteiger partial charge in [0.15, 0.2) is 0 Å². The molecule has 0 aliphatic rings. The monoisotopic (exact) mass is 219 g/mol. The minimum Gasteiger partial charge on any atom is -0.356 e. The molecule has 0 aliphatic heterocycles. The molecule has 16 heavy (non-hydrogen) atoms. The van der Waals surface area contributed by atoms with E-state index in [9.17, 15) is 0 Å². The average molecular weight is 219 g/mol. The van der Waals surface area contributed by atoms with E-state index in [2.05, 4.69) is 41.7 Å². The van der Waals surface area contributed by atoms with E-state index >= 15 is 0 Å². The number of rotatable bonds is 6. The second-order valence-corrected chi connectivity index (χ2v) is 4.19. The number of hydrogen-bond acceptors (Lipinski definition) is 3. The lowest BCUT2D eigenvalue weighted by molar-refractivity contribution is 0.587. The van der Waals surface area contributed by atoms with E-state index in [1.54, 1.807) is 0 Å². The molecule has 88 valence electrons. The van der Waals surface area contributed by atoms with Crippen molar-refractivity contribution in [1.82, 2.24) is 10.3 Å². The Bertz CT molecular complexity index is 334. The Morgan fingerprint density at radius 3 is 2.94 bits per heavy atom. The smallest absolute Gasteiger partial charge is 0.133 e. The van der Waals surface area contributed by atoms with Gasteiger partial charge in [0.25, 0.3) is 0 Å². The number of pyridine rings is 1. The van der Waals surface area contributed by atoms with Gasteiger partial charge in [0.05, 0.1) is 0 Å². The van der Waals surface area contributed by atoms with Crippen LogP contribution in [-0.4, -0.2) is 24.6 Å². The highest BCUT2D eigenvalue weighted by atomic mass is 15.2. The van der Waals surface area contributed by atoms with Gasteiger partial charge in [-0.2, -0.15) is 0 Å². The van der Waals surface area contributed by atoms with Gasteiger partial charge in [0.2, 0.25) is 0 Å². The van der Waals surface area contributed by atoms with Crippen molar-refractivity contribution in [3.63, 3.8) is 0 Å². The van der Waals surface area contributed by atoms with Gasteiger partial charge < -0.3 is 10.2 Å². The molecule has 0 spiro atoms. The second kappa shape index (κ2) is 6.28. The molecule has 0 amide bonds. The maximum Gasteiger partial charge on any atom is 0.133 e. The van der Waals surface area contributed by atoms with Gasteiger partial charge in [0, 0.05) is 37.9 Å². The molecule has 0 saturated carbocycles. The molecule has 1 rings (SSSR count). The Kier molecular flexibility index (Phi) is 4.99. The van der Waals surface area contributed by atoms with Crippen molar-refractivity contribution in [3.05, 3.63) is 36.5 Å². The Hall–Kier alpha value is -1.35. The summed E-state index contributed by atoms with van der Waals surface area (Å²) in [6.07, 6.45) is 3.71. The zero-order chi connectivity index (χ0) is 12.0. The van der Waals surface area contributed by atoms with Gasteiger partial charge in [-0.05, 0) is 6.07 Å². The largest absolute Gasteiger partial charge is 0.356 e. The predicted octanol–water partition coefficient (Wildman–Crippen LogP) is 2.20. The van der Waals surface area contributed by atoms with Crippen LogP contribution in [0.2, 0.25) is 0 Å². The standard InChI is InChI=1S/C13H21N3/c1-5-9-16(4)13-12(7-6-8-14-13)10-15-11(2)3/h5-8,11,15H,1,9-10H2,2-4H3. The zero-order valence-electron chi connectivity index (χ0n) is 10.4. The molecular formula is C13H21N3. The summed E-state index contributed by atoms with van der Waals surface area (Å²) in [5.74, 6) is 1.02. The summed E-state index contributed by atoms with van der Waals surface area (Å²) in [6, 6.07) is 4.57. The van der Waals surface area contributed by atoms with Gasteiger partial charge in [-0.1, -0.05) is 26.0 Å². The third kappa shape index (κ3) is 3.66. The molecule has 1 N–H and O–H groups in total. The van der Waals surface area contributed by atoms with Crippen LogP contribution >= 0.6 is 0 Å². The van der Waals surface area contributed by atoms with Gasteiger partial charge in [0.1, 0.15) is 5.82 Å². The van der Waals surface area contributed by atoms with Gasteiger partial charge in [-0.25, -0.2) is 4.98 Å². The number of anilines is 1. The molecule has 0 unspecified atom stereocenters. The summed E-state index contributed by atoms with van der Waals surface area (Å²) in [6.45, 7) is 9.69. The first kappa shape index (κ1) is 12.7. The number of likely N-dealkylation sites (N-methyl/N-ethyl adjacent to an activating group) is 1. The highest BCUT2D eigenvalue weighted by Crippen LogP contribution is 2.15. The fourth-order valence-corrected chi connectivity index (χ4v) is 1.51. The molecule has 0 bridgehead atoms. The molecular weight excluding hydrogens is 198 g/mol. The molecule has 0 aromatic carbocycles. The van der Waals surface area contributed by atoms with E-state index in [1.165, 1.54) is 5.56 Å². The lowest BCUT2D eigenvalue weighted by Crippen LogP contribution is -2.25. The quantitative estimate of drug-likeness (QED) is 0.743. The van der Waals surface area contributed by atoms with Crippen molar-refractivity contribution < 1.29 is 0 Å². The fourth-order valence-electron chi connectivity index (χ4n) is 1.51. The normalized spacial score (nSPS) is 10.5. The topological polar surface area (TPSA) is 28.2 Å². The van der Waals surface area contributed by atoms with Crippen LogP contribution in [0, 0.1) is 0 Å². The van der Waals surface area contributed by atoms with Crippen LogP contribution in [0.5, 0.6) is 0 Å². The zero-order valence-corrected chi connectivity index (χ0v) is 10.4. The summed E-state index contributed by atoms with van der Waals surface area (Å²) in [4.78, 5) is 6.51.